The molecule has 0 unspecified atom stereocenters. The Morgan fingerprint density at radius 1 is 1.32 bits per heavy atom. The van der Waals surface area contributed by atoms with E-state index in [2.05, 4.69) is 15.1 Å². The standard InChI is InChI=1S/C18H22N6O3S/c1-12-4-5-13(28(25,26)23(3)8-18(2)9-27-10-18)6-14(12)15-7-20-17-16(19)21-11-22-24(15)17/h4-7,11H,8-10H2,1-3H3,(H2,19,21,22). The second-order valence-electron chi connectivity index (χ2n) is 7.57. The molecule has 3 aromatic rings. The van der Waals surface area contributed by atoms with Crippen LogP contribution in [0, 0.1) is 12.3 Å². The average molecular weight is 402 g/mol. The van der Waals surface area contributed by atoms with E-state index in [9.17, 15) is 8.42 Å². The predicted octanol–water partition coefficient (Wildman–Crippen LogP) is 1.34. The molecule has 2 N–H and O–H groups in total. The van der Waals surface area contributed by atoms with Crippen LogP contribution in [0.3, 0.4) is 0 Å². The molecular formula is C18H22N6O3S. The Hall–Kier alpha value is -2.56. The third-order valence-electron chi connectivity index (χ3n) is 5.03. The summed E-state index contributed by atoms with van der Waals surface area (Å²) >= 11 is 0. The van der Waals surface area contributed by atoms with Gasteiger partial charge >= 0.3 is 0 Å². The second-order valence-corrected chi connectivity index (χ2v) is 9.61. The van der Waals surface area contributed by atoms with Gasteiger partial charge in [0.2, 0.25) is 10.0 Å². The molecular weight excluding hydrogens is 380 g/mol. The molecule has 10 heteroatoms. The number of fused-ring (bicyclic) bond motifs is 1. The van der Waals surface area contributed by atoms with Gasteiger partial charge in [-0.05, 0) is 24.6 Å². The lowest BCUT2D eigenvalue weighted by atomic mass is 9.89. The van der Waals surface area contributed by atoms with Crippen molar-refractivity contribution in [3.8, 4) is 11.3 Å². The van der Waals surface area contributed by atoms with Gasteiger partial charge in [-0.15, -0.1) is 0 Å². The van der Waals surface area contributed by atoms with Gasteiger partial charge in [0.05, 0.1) is 30.0 Å². The van der Waals surface area contributed by atoms with Gasteiger partial charge in [0, 0.05) is 24.6 Å². The van der Waals surface area contributed by atoms with E-state index in [1.54, 1.807) is 36.0 Å². The van der Waals surface area contributed by atoms with Crippen LogP contribution in [0.2, 0.25) is 0 Å². The zero-order chi connectivity index (χ0) is 20.1. The third-order valence-corrected chi connectivity index (χ3v) is 6.83. The Kier molecular flexibility index (Phi) is 4.36. The van der Waals surface area contributed by atoms with E-state index >= 15 is 0 Å². The highest BCUT2D eigenvalue weighted by molar-refractivity contribution is 7.89. The molecule has 1 aliphatic rings. The van der Waals surface area contributed by atoms with E-state index in [4.69, 9.17) is 10.5 Å². The van der Waals surface area contributed by atoms with Crippen LogP contribution in [-0.4, -0.2) is 59.1 Å². The van der Waals surface area contributed by atoms with Crippen LogP contribution >= 0.6 is 0 Å². The largest absolute Gasteiger partial charge is 0.381 e. The Bertz CT molecular complexity index is 1150. The number of ether oxygens (including phenoxy) is 1. The lowest BCUT2D eigenvalue weighted by Gasteiger charge is -2.40. The summed E-state index contributed by atoms with van der Waals surface area (Å²) < 4.78 is 34.4. The smallest absolute Gasteiger partial charge is 0.242 e. The fourth-order valence-corrected chi connectivity index (χ4v) is 4.75. The maximum atomic E-state index is 13.1. The fourth-order valence-electron chi connectivity index (χ4n) is 3.40. The number of sulfonamides is 1. The topological polar surface area (TPSA) is 116 Å². The maximum Gasteiger partial charge on any atom is 0.242 e. The number of benzene rings is 1. The summed E-state index contributed by atoms with van der Waals surface area (Å²) in [6.07, 6.45) is 2.97. The van der Waals surface area contributed by atoms with Gasteiger partial charge in [-0.3, -0.25) is 0 Å². The summed E-state index contributed by atoms with van der Waals surface area (Å²) in [5, 5.41) is 4.20. The first-order valence-electron chi connectivity index (χ1n) is 8.81. The summed E-state index contributed by atoms with van der Waals surface area (Å²) in [6.45, 7) is 5.46. The van der Waals surface area contributed by atoms with E-state index in [-0.39, 0.29) is 16.1 Å². The lowest BCUT2D eigenvalue weighted by molar-refractivity contribution is -0.106. The van der Waals surface area contributed by atoms with E-state index in [0.717, 1.165) is 11.1 Å². The maximum absolute atomic E-state index is 13.1. The van der Waals surface area contributed by atoms with Gasteiger partial charge in [0.25, 0.3) is 0 Å². The molecule has 0 spiro atoms. The zero-order valence-corrected chi connectivity index (χ0v) is 16.8. The van der Waals surface area contributed by atoms with Crippen LogP contribution in [0.25, 0.3) is 16.9 Å². The SMILES string of the molecule is Cc1ccc(S(=O)(=O)N(C)CC2(C)COC2)cc1-c1cnc2c(N)ncnn12. The van der Waals surface area contributed by atoms with Crippen molar-refractivity contribution in [1.29, 1.82) is 0 Å². The van der Waals surface area contributed by atoms with Crippen LogP contribution in [0.1, 0.15) is 12.5 Å². The Morgan fingerprint density at radius 3 is 2.75 bits per heavy atom. The van der Waals surface area contributed by atoms with E-state index in [1.165, 1.54) is 10.6 Å². The molecule has 1 aliphatic heterocycles. The molecule has 4 rings (SSSR count). The van der Waals surface area contributed by atoms with Gasteiger partial charge < -0.3 is 10.5 Å². The Balaban J connectivity index is 1.75. The minimum Gasteiger partial charge on any atom is -0.381 e. The van der Waals surface area contributed by atoms with Crippen molar-refractivity contribution < 1.29 is 13.2 Å². The number of imidazole rings is 1. The monoisotopic (exact) mass is 402 g/mol. The first-order valence-corrected chi connectivity index (χ1v) is 10.2. The first-order chi connectivity index (χ1) is 13.2. The van der Waals surface area contributed by atoms with Crippen molar-refractivity contribution in [3.63, 3.8) is 0 Å². The van der Waals surface area contributed by atoms with Gasteiger partial charge in [-0.2, -0.15) is 5.10 Å². The summed E-state index contributed by atoms with van der Waals surface area (Å²) in [5.41, 5.74) is 8.41. The summed E-state index contributed by atoms with van der Waals surface area (Å²) in [4.78, 5) is 8.42. The van der Waals surface area contributed by atoms with Crippen LogP contribution < -0.4 is 5.73 Å². The highest BCUT2D eigenvalue weighted by atomic mass is 32.2. The normalized spacial score (nSPS) is 16.4. The molecule has 0 atom stereocenters. The number of anilines is 1. The summed E-state index contributed by atoms with van der Waals surface area (Å²) in [5.74, 6) is 0.262. The van der Waals surface area contributed by atoms with Crippen LogP contribution in [0.5, 0.6) is 0 Å². The number of hydrogen-bond donors (Lipinski definition) is 1. The van der Waals surface area contributed by atoms with Gasteiger partial charge in [-0.25, -0.2) is 27.2 Å². The highest BCUT2D eigenvalue weighted by Gasteiger charge is 2.37. The number of aryl methyl sites for hydroxylation is 1. The van der Waals surface area contributed by atoms with Gasteiger partial charge in [0.15, 0.2) is 11.5 Å². The number of nitrogens with two attached hydrogens (primary N) is 1. The van der Waals surface area contributed by atoms with Crippen LogP contribution in [0.4, 0.5) is 5.82 Å². The molecule has 2 aromatic heterocycles. The van der Waals surface area contributed by atoms with Crippen molar-refractivity contribution in [2.24, 2.45) is 5.41 Å². The molecule has 0 aliphatic carbocycles. The van der Waals surface area contributed by atoms with E-state index in [1.807, 2.05) is 13.8 Å². The fraction of sp³-hybridized carbons (Fsp3) is 0.389. The number of rotatable bonds is 5. The minimum atomic E-state index is -3.65. The predicted molar refractivity (Wildman–Crippen MR) is 104 cm³/mol. The molecule has 0 bridgehead atoms. The number of nitrogens with zero attached hydrogens (tertiary/aromatic N) is 5. The summed E-state index contributed by atoms with van der Waals surface area (Å²) in [6, 6.07) is 5.06. The minimum absolute atomic E-state index is 0.147. The molecule has 1 aromatic carbocycles. The zero-order valence-electron chi connectivity index (χ0n) is 16.0. The van der Waals surface area contributed by atoms with Crippen LogP contribution in [-0.2, 0) is 14.8 Å². The van der Waals surface area contributed by atoms with Crippen LogP contribution in [0.15, 0.2) is 35.6 Å². The molecule has 3 heterocycles. The van der Waals surface area contributed by atoms with Gasteiger partial charge in [0.1, 0.15) is 6.33 Å². The van der Waals surface area contributed by atoms with Crippen molar-refractivity contribution in [2.75, 3.05) is 32.5 Å². The molecule has 28 heavy (non-hydrogen) atoms. The molecule has 1 saturated heterocycles. The number of aromatic nitrogens is 4. The van der Waals surface area contributed by atoms with E-state index < -0.39 is 10.0 Å². The van der Waals surface area contributed by atoms with E-state index in [0.29, 0.717) is 31.1 Å². The average Bonchev–Trinajstić information content (AvgIpc) is 3.06. The van der Waals surface area contributed by atoms with Crippen molar-refractivity contribution >= 4 is 21.5 Å². The van der Waals surface area contributed by atoms with Crippen molar-refractivity contribution in [1.82, 2.24) is 23.9 Å². The summed E-state index contributed by atoms with van der Waals surface area (Å²) in [7, 11) is -2.05. The quantitative estimate of drug-likeness (QED) is 0.684. The third kappa shape index (κ3) is 3.03. The highest BCUT2D eigenvalue weighted by Crippen LogP contribution is 2.31. The molecule has 1 fully saturated rings. The molecule has 148 valence electrons. The molecule has 0 amide bonds. The van der Waals surface area contributed by atoms with Gasteiger partial charge in [-0.1, -0.05) is 13.0 Å². The first kappa shape index (κ1) is 18.8. The Morgan fingerprint density at radius 2 is 2.07 bits per heavy atom. The molecule has 0 radical (unpaired) electrons. The van der Waals surface area contributed by atoms with Crippen molar-refractivity contribution in [3.05, 3.63) is 36.3 Å². The number of nitrogen functional groups attached to an aromatic ring is 1. The lowest BCUT2D eigenvalue weighted by Crippen LogP contribution is -2.49. The Labute approximate surface area is 163 Å². The molecule has 9 nitrogen and oxygen atoms in total. The second kappa shape index (κ2) is 6.50. The number of hydrogen-bond acceptors (Lipinski definition) is 7. The van der Waals surface area contributed by atoms with Crippen molar-refractivity contribution in [2.45, 2.75) is 18.7 Å². The molecule has 0 saturated carbocycles.